The highest BCUT2D eigenvalue weighted by atomic mass is 31.2. The van der Waals surface area contributed by atoms with Crippen LogP contribution < -0.4 is 4.89 Å². The van der Waals surface area contributed by atoms with Crippen molar-refractivity contribution in [2.45, 2.75) is 373 Å². The highest BCUT2D eigenvalue weighted by molar-refractivity contribution is 7.45. The Kier molecular flexibility index (Phi) is 64.8. The molecule has 0 aromatic rings. The lowest BCUT2D eigenvalue weighted by Crippen LogP contribution is -2.37. The van der Waals surface area contributed by atoms with Crippen molar-refractivity contribution in [2.24, 2.45) is 0 Å². The summed E-state index contributed by atoms with van der Waals surface area (Å²) < 4.78 is 34.4. The van der Waals surface area contributed by atoms with E-state index in [4.69, 9.17) is 18.5 Å². The molecule has 0 heterocycles. The molecule has 0 aromatic heterocycles. The highest BCUT2D eigenvalue weighted by Gasteiger charge is 2.22. The van der Waals surface area contributed by atoms with Crippen LogP contribution in [0.2, 0.25) is 0 Å². The van der Waals surface area contributed by atoms with E-state index in [9.17, 15) is 19.0 Å². The molecule has 0 aliphatic rings. The molecule has 500 valence electrons. The quantitative estimate of drug-likeness (QED) is 0.0195. The number of unbranched alkanes of at least 4 members (excludes halogenated alkanes) is 47. The second-order valence-electron chi connectivity index (χ2n) is 26.3. The first-order chi connectivity index (χ1) is 41.5. The predicted molar refractivity (Wildman–Crippen MR) is 365 cm³/mol. The zero-order chi connectivity index (χ0) is 61.9. The van der Waals surface area contributed by atoms with E-state index in [0.717, 1.165) is 57.8 Å². The molecule has 0 aliphatic carbocycles. The molecule has 0 saturated heterocycles. The molecule has 2 atom stereocenters. The smallest absolute Gasteiger partial charge is 0.306 e. The molecule has 9 nitrogen and oxygen atoms in total. The van der Waals surface area contributed by atoms with Gasteiger partial charge in [-0.3, -0.25) is 14.2 Å². The van der Waals surface area contributed by atoms with Gasteiger partial charge in [-0.05, 0) is 51.4 Å². The van der Waals surface area contributed by atoms with Gasteiger partial charge in [-0.25, -0.2) is 0 Å². The molecule has 2 unspecified atom stereocenters. The van der Waals surface area contributed by atoms with Crippen LogP contribution in [0.3, 0.4) is 0 Å². The molecule has 0 spiro atoms. The first kappa shape index (κ1) is 83.0. The van der Waals surface area contributed by atoms with E-state index >= 15 is 0 Å². The average Bonchev–Trinajstić information content (AvgIpc) is 3.51. The number of hydrogen-bond donors (Lipinski definition) is 0. The zero-order valence-electron chi connectivity index (χ0n) is 57.1. The molecule has 0 fully saturated rings. The summed E-state index contributed by atoms with van der Waals surface area (Å²) in [5, 5.41) is 0. The standard InChI is InChI=1S/C75H142NO8P/c1-6-8-10-12-14-16-18-20-22-24-26-28-30-32-34-35-36-37-38-39-40-41-42-44-46-48-50-52-54-56-58-60-62-64-66-68-75(78)84-73(72-83-85(79,80)82-70-69-76(3,4)5)71-81-74(77)67-65-63-61-59-57-55-53-51-49-47-45-43-33-31-29-27-25-23-21-19-17-15-13-11-9-7-2/h8,10,14,16,20,22,26,28,73H,6-7,9,11-13,15,17-19,21,23-25,27,29-72H2,1-5H3/b10-8-,16-14-,22-20-,28-26-. The monoisotopic (exact) mass is 1220 g/mol. The fourth-order valence-electron chi connectivity index (χ4n) is 11.0. The van der Waals surface area contributed by atoms with E-state index < -0.39 is 26.5 Å². The summed E-state index contributed by atoms with van der Waals surface area (Å²) in [6.45, 7) is 4.20. The number of esters is 2. The van der Waals surface area contributed by atoms with Crippen LogP contribution in [0.1, 0.15) is 367 Å². The minimum absolute atomic E-state index is 0.0275. The number of nitrogens with zero attached hydrogens (tertiary/aromatic N) is 1. The highest BCUT2D eigenvalue weighted by Crippen LogP contribution is 2.38. The number of phosphoric ester groups is 1. The van der Waals surface area contributed by atoms with Gasteiger partial charge >= 0.3 is 11.9 Å². The van der Waals surface area contributed by atoms with Crippen LogP contribution in [0.15, 0.2) is 48.6 Å². The van der Waals surface area contributed by atoms with Gasteiger partial charge in [-0.2, -0.15) is 0 Å². The van der Waals surface area contributed by atoms with Gasteiger partial charge in [-0.15, -0.1) is 0 Å². The largest absolute Gasteiger partial charge is 0.756 e. The van der Waals surface area contributed by atoms with Gasteiger partial charge in [-0.1, -0.05) is 351 Å². The van der Waals surface area contributed by atoms with E-state index in [1.807, 2.05) is 21.1 Å². The van der Waals surface area contributed by atoms with Gasteiger partial charge in [0.05, 0.1) is 27.7 Å². The number of carbonyl (C=O) groups is 2. The minimum Gasteiger partial charge on any atom is -0.756 e. The summed E-state index contributed by atoms with van der Waals surface area (Å²) in [6, 6.07) is 0. The Morgan fingerprint density at radius 1 is 0.376 bits per heavy atom. The van der Waals surface area contributed by atoms with Crippen molar-refractivity contribution < 1.29 is 42.1 Å². The van der Waals surface area contributed by atoms with Crippen molar-refractivity contribution in [3.05, 3.63) is 48.6 Å². The van der Waals surface area contributed by atoms with Crippen molar-refractivity contribution in [2.75, 3.05) is 47.5 Å². The lowest BCUT2D eigenvalue weighted by Gasteiger charge is -2.28. The summed E-state index contributed by atoms with van der Waals surface area (Å²) in [7, 11) is 1.19. The Morgan fingerprint density at radius 2 is 0.671 bits per heavy atom. The van der Waals surface area contributed by atoms with E-state index in [2.05, 4.69) is 62.5 Å². The summed E-state index contributed by atoms with van der Waals surface area (Å²) in [5.74, 6) is -0.809. The first-order valence-corrected chi connectivity index (χ1v) is 38.3. The molecule has 0 saturated carbocycles. The number of quaternary nitrogens is 1. The van der Waals surface area contributed by atoms with Gasteiger partial charge in [0.2, 0.25) is 0 Å². The number of carbonyl (C=O) groups excluding carboxylic acids is 2. The maximum Gasteiger partial charge on any atom is 0.306 e. The molecule has 0 rings (SSSR count). The predicted octanol–water partition coefficient (Wildman–Crippen LogP) is 23.4. The molecule has 85 heavy (non-hydrogen) atoms. The summed E-state index contributed by atoms with van der Waals surface area (Å²) in [6.07, 6.45) is 86.4. The van der Waals surface area contributed by atoms with Gasteiger partial charge < -0.3 is 27.9 Å². The fourth-order valence-corrected chi connectivity index (χ4v) is 11.7. The maximum absolute atomic E-state index is 12.9. The number of likely N-dealkylation sites (N-methyl/N-ethyl adjacent to an activating group) is 1. The van der Waals surface area contributed by atoms with Crippen molar-refractivity contribution in [3.63, 3.8) is 0 Å². The molecule has 0 bridgehead atoms. The van der Waals surface area contributed by atoms with E-state index in [1.54, 1.807) is 0 Å². The van der Waals surface area contributed by atoms with Crippen LogP contribution in [0, 0.1) is 0 Å². The molecule has 10 heteroatoms. The normalized spacial score (nSPS) is 13.3. The third-order valence-electron chi connectivity index (χ3n) is 16.6. The topological polar surface area (TPSA) is 111 Å². The molecule has 0 radical (unpaired) electrons. The van der Waals surface area contributed by atoms with Gasteiger partial charge in [0.25, 0.3) is 7.82 Å². The fraction of sp³-hybridized carbons (Fsp3) is 0.867. The molecule has 0 amide bonds. The third kappa shape index (κ3) is 70.9. The van der Waals surface area contributed by atoms with Crippen LogP contribution >= 0.6 is 7.82 Å². The lowest BCUT2D eigenvalue weighted by molar-refractivity contribution is -0.870. The summed E-state index contributed by atoms with van der Waals surface area (Å²) in [4.78, 5) is 38.1. The summed E-state index contributed by atoms with van der Waals surface area (Å²) >= 11 is 0. The van der Waals surface area contributed by atoms with Crippen molar-refractivity contribution in [3.8, 4) is 0 Å². The number of rotatable bonds is 69. The first-order valence-electron chi connectivity index (χ1n) is 36.8. The van der Waals surface area contributed by atoms with Crippen molar-refractivity contribution >= 4 is 19.8 Å². The SMILES string of the molecule is CC/C=C\C/C=C\C/C=C\C/C=C\CCCCCCCCCCCCCCCCCCCCCCCCC(=O)OC(COC(=O)CCCCCCCCCCCCCCCCCCCCCCCCCCCC)COP(=O)([O-])OCC[N+](C)(C)C. The van der Waals surface area contributed by atoms with Crippen molar-refractivity contribution in [1.82, 2.24) is 0 Å². The van der Waals surface area contributed by atoms with Crippen LogP contribution in [0.25, 0.3) is 0 Å². The van der Waals surface area contributed by atoms with Crippen molar-refractivity contribution in [1.29, 1.82) is 0 Å². The Bertz CT molecular complexity index is 1570. The van der Waals surface area contributed by atoms with Crippen LogP contribution in [0.5, 0.6) is 0 Å². The maximum atomic E-state index is 12.9. The molecular weight excluding hydrogens is 1070 g/mol. The Labute approximate surface area is 528 Å². The number of allylic oxidation sites excluding steroid dienone is 8. The lowest BCUT2D eigenvalue weighted by atomic mass is 10.0. The molecular formula is C75H142NO8P. The second-order valence-corrected chi connectivity index (χ2v) is 27.7. The Hall–Kier alpha value is -2.03. The molecule has 0 N–H and O–H groups in total. The Balaban J connectivity index is 3.95. The summed E-state index contributed by atoms with van der Waals surface area (Å²) in [5.41, 5.74) is 0. The van der Waals surface area contributed by atoms with Crippen LogP contribution in [-0.2, 0) is 32.7 Å². The van der Waals surface area contributed by atoms with Gasteiger partial charge in [0.1, 0.15) is 19.8 Å². The molecule has 0 aliphatic heterocycles. The van der Waals surface area contributed by atoms with Crippen LogP contribution in [0.4, 0.5) is 0 Å². The number of phosphoric acid groups is 1. The Morgan fingerprint density at radius 3 is 1.00 bits per heavy atom. The zero-order valence-corrected chi connectivity index (χ0v) is 58.0. The average molecular weight is 1220 g/mol. The van der Waals surface area contributed by atoms with E-state index in [0.29, 0.717) is 17.4 Å². The minimum atomic E-state index is -4.64. The second kappa shape index (κ2) is 66.4. The van der Waals surface area contributed by atoms with Gasteiger partial charge in [0.15, 0.2) is 6.10 Å². The van der Waals surface area contributed by atoms with E-state index in [1.165, 1.54) is 276 Å². The third-order valence-corrected chi connectivity index (χ3v) is 17.6. The van der Waals surface area contributed by atoms with Crippen LogP contribution in [-0.4, -0.2) is 70.0 Å². The molecule has 0 aromatic carbocycles. The number of ether oxygens (including phenoxy) is 2. The number of hydrogen-bond acceptors (Lipinski definition) is 8. The van der Waals surface area contributed by atoms with E-state index in [-0.39, 0.29) is 32.0 Å². The van der Waals surface area contributed by atoms with Gasteiger partial charge in [0, 0.05) is 12.8 Å².